The molecule has 1 amide bonds. The summed E-state index contributed by atoms with van der Waals surface area (Å²) in [4.78, 5) is 23.6. The molecule has 7 nitrogen and oxygen atoms in total. The maximum atomic E-state index is 12.5. The fourth-order valence-electron chi connectivity index (χ4n) is 2.45. The van der Waals surface area contributed by atoms with Gasteiger partial charge in [0.2, 0.25) is 10.0 Å². The van der Waals surface area contributed by atoms with Gasteiger partial charge in [-0.15, -0.1) is 0 Å². The minimum absolute atomic E-state index is 0.142. The monoisotopic (exact) mass is 368 g/mol. The Labute approximate surface area is 148 Å². The van der Waals surface area contributed by atoms with Gasteiger partial charge in [-0.25, -0.2) is 8.42 Å². The van der Waals surface area contributed by atoms with Gasteiger partial charge in [-0.1, -0.05) is 19.9 Å². The van der Waals surface area contributed by atoms with Crippen LogP contribution in [-0.2, 0) is 24.3 Å². The molecule has 1 aliphatic rings. The number of anilines is 1. The first kappa shape index (κ1) is 19.4. The number of ether oxygens (including phenoxy) is 1. The first-order valence-electron chi connectivity index (χ1n) is 8.41. The Kier molecular flexibility index (Phi) is 6.55. The second-order valence-corrected chi connectivity index (χ2v) is 8.04. The molecule has 1 saturated heterocycles. The van der Waals surface area contributed by atoms with Crippen molar-refractivity contribution >= 4 is 27.6 Å². The van der Waals surface area contributed by atoms with Crippen molar-refractivity contribution < 1.29 is 22.7 Å². The van der Waals surface area contributed by atoms with Crippen LogP contribution in [0.1, 0.15) is 33.1 Å². The number of nitrogens with zero attached hydrogens (tertiary/aromatic N) is 1. The standard InChI is InChI=1S/C17H24N2O5S/c1-3-13(2)17(21)24-12-16(20)18-14-7-6-8-15(11-14)25(22,23)19-9-4-5-10-19/h6-8,11,13H,3-5,9-10,12H2,1-2H3,(H,18,20). The molecule has 0 radical (unpaired) electrons. The molecule has 0 saturated carbocycles. The van der Waals surface area contributed by atoms with Crippen LogP contribution in [0.2, 0.25) is 0 Å². The first-order valence-corrected chi connectivity index (χ1v) is 9.85. The van der Waals surface area contributed by atoms with E-state index in [4.69, 9.17) is 4.74 Å². The third-order valence-corrected chi connectivity index (χ3v) is 6.08. The number of carbonyl (C=O) groups is 2. The molecule has 1 aromatic rings. The zero-order valence-corrected chi connectivity index (χ0v) is 15.3. The fourth-order valence-corrected chi connectivity index (χ4v) is 4.02. The molecule has 0 aromatic heterocycles. The minimum atomic E-state index is -3.54. The highest BCUT2D eigenvalue weighted by Gasteiger charge is 2.27. The summed E-state index contributed by atoms with van der Waals surface area (Å²) in [6, 6.07) is 6.09. The van der Waals surface area contributed by atoms with E-state index in [1.165, 1.54) is 16.4 Å². The predicted molar refractivity (Wildman–Crippen MR) is 93.5 cm³/mol. The number of nitrogens with one attached hydrogen (secondary N) is 1. The number of amides is 1. The van der Waals surface area contributed by atoms with E-state index in [2.05, 4.69) is 5.32 Å². The third-order valence-electron chi connectivity index (χ3n) is 4.18. The molecule has 1 aromatic carbocycles. The normalized spacial score (nSPS) is 16.4. The average molecular weight is 368 g/mol. The molecular weight excluding hydrogens is 344 g/mol. The zero-order chi connectivity index (χ0) is 18.4. The number of carbonyl (C=O) groups excluding carboxylic acids is 2. The maximum absolute atomic E-state index is 12.5. The van der Waals surface area contributed by atoms with Crippen molar-refractivity contribution in [1.29, 1.82) is 0 Å². The molecule has 1 unspecified atom stereocenters. The number of esters is 1. The van der Waals surface area contributed by atoms with Gasteiger partial charge in [-0.05, 0) is 37.5 Å². The lowest BCUT2D eigenvalue weighted by Crippen LogP contribution is -2.28. The Bertz CT molecular complexity index is 726. The van der Waals surface area contributed by atoms with Gasteiger partial charge in [0.25, 0.3) is 5.91 Å². The van der Waals surface area contributed by atoms with E-state index in [1.807, 2.05) is 6.92 Å². The molecule has 8 heteroatoms. The van der Waals surface area contributed by atoms with E-state index in [0.29, 0.717) is 25.2 Å². The van der Waals surface area contributed by atoms with Crippen molar-refractivity contribution in [3.63, 3.8) is 0 Å². The van der Waals surface area contributed by atoms with Gasteiger partial charge >= 0.3 is 5.97 Å². The molecule has 0 spiro atoms. The largest absolute Gasteiger partial charge is 0.455 e. The van der Waals surface area contributed by atoms with Crippen LogP contribution < -0.4 is 5.32 Å². The number of benzene rings is 1. The van der Waals surface area contributed by atoms with Crippen LogP contribution in [0.25, 0.3) is 0 Å². The highest BCUT2D eigenvalue weighted by atomic mass is 32.2. The lowest BCUT2D eigenvalue weighted by molar-refractivity contribution is -0.151. The number of hydrogen-bond acceptors (Lipinski definition) is 5. The van der Waals surface area contributed by atoms with Crippen LogP contribution in [-0.4, -0.2) is 44.3 Å². The lowest BCUT2D eigenvalue weighted by atomic mass is 10.1. The average Bonchev–Trinajstić information content (AvgIpc) is 3.14. The summed E-state index contributed by atoms with van der Waals surface area (Å²) >= 11 is 0. The summed E-state index contributed by atoms with van der Waals surface area (Å²) < 4.78 is 31.5. The molecule has 2 rings (SSSR count). The van der Waals surface area contributed by atoms with E-state index in [9.17, 15) is 18.0 Å². The molecule has 1 heterocycles. The highest BCUT2D eigenvalue weighted by molar-refractivity contribution is 7.89. The van der Waals surface area contributed by atoms with Crippen LogP contribution in [0.4, 0.5) is 5.69 Å². The predicted octanol–water partition coefficient (Wildman–Crippen LogP) is 2.00. The number of rotatable bonds is 7. The fraction of sp³-hybridized carbons (Fsp3) is 0.529. The lowest BCUT2D eigenvalue weighted by Gasteiger charge is -2.16. The summed E-state index contributed by atoms with van der Waals surface area (Å²) in [7, 11) is -3.54. The Morgan fingerprint density at radius 1 is 1.28 bits per heavy atom. The number of hydrogen-bond donors (Lipinski definition) is 1. The summed E-state index contributed by atoms with van der Waals surface area (Å²) in [6.45, 7) is 4.23. The minimum Gasteiger partial charge on any atom is -0.455 e. The van der Waals surface area contributed by atoms with Crippen molar-refractivity contribution in [3.05, 3.63) is 24.3 Å². The second-order valence-electron chi connectivity index (χ2n) is 6.10. The maximum Gasteiger partial charge on any atom is 0.309 e. The van der Waals surface area contributed by atoms with Crippen LogP contribution >= 0.6 is 0 Å². The second kappa shape index (κ2) is 8.44. The Morgan fingerprint density at radius 3 is 2.60 bits per heavy atom. The van der Waals surface area contributed by atoms with Gasteiger partial charge in [0, 0.05) is 18.8 Å². The van der Waals surface area contributed by atoms with Crippen molar-refractivity contribution in [2.24, 2.45) is 5.92 Å². The molecule has 1 N–H and O–H groups in total. The SMILES string of the molecule is CCC(C)C(=O)OCC(=O)Nc1cccc(S(=O)(=O)N2CCCC2)c1. The topological polar surface area (TPSA) is 92.8 Å². The first-order chi connectivity index (χ1) is 11.8. The molecule has 1 aliphatic heterocycles. The summed E-state index contributed by atoms with van der Waals surface area (Å²) in [6.07, 6.45) is 2.35. The molecule has 0 aliphatic carbocycles. The Morgan fingerprint density at radius 2 is 1.96 bits per heavy atom. The van der Waals surface area contributed by atoms with E-state index >= 15 is 0 Å². The quantitative estimate of drug-likeness (QED) is 0.743. The van der Waals surface area contributed by atoms with E-state index < -0.39 is 28.5 Å². The Hall–Kier alpha value is -1.93. The van der Waals surface area contributed by atoms with Crippen molar-refractivity contribution in [1.82, 2.24) is 4.31 Å². The third kappa shape index (κ3) is 5.02. The smallest absolute Gasteiger partial charge is 0.309 e. The van der Waals surface area contributed by atoms with Crippen molar-refractivity contribution in [3.8, 4) is 0 Å². The van der Waals surface area contributed by atoms with Gasteiger partial charge < -0.3 is 10.1 Å². The summed E-state index contributed by atoms with van der Waals surface area (Å²) in [5.41, 5.74) is 0.352. The van der Waals surface area contributed by atoms with Crippen LogP contribution in [0, 0.1) is 5.92 Å². The molecular formula is C17H24N2O5S. The van der Waals surface area contributed by atoms with E-state index in [-0.39, 0.29) is 10.8 Å². The molecule has 1 atom stereocenters. The van der Waals surface area contributed by atoms with E-state index in [1.54, 1.807) is 19.1 Å². The van der Waals surface area contributed by atoms with Crippen molar-refractivity contribution in [2.75, 3.05) is 25.0 Å². The van der Waals surface area contributed by atoms with Gasteiger partial charge in [-0.3, -0.25) is 9.59 Å². The molecule has 0 bridgehead atoms. The highest BCUT2D eigenvalue weighted by Crippen LogP contribution is 2.23. The summed E-state index contributed by atoms with van der Waals surface area (Å²) in [5.74, 6) is -1.20. The van der Waals surface area contributed by atoms with Crippen LogP contribution in [0.3, 0.4) is 0 Å². The molecule has 1 fully saturated rings. The van der Waals surface area contributed by atoms with Crippen LogP contribution in [0.15, 0.2) is 29.2 Å². The summed E-state index contributed by atoms with van der Waals surface area (Å²) in [5, 5.41) is 2.56. The van der Waals surface area contributed by atoms with Crippen molar-refractivity contribution in [2.45, 2.75) is 38.0 Å². The van der Waals surface area contributed by atoms with Gasteiger partial charge in [0.05, 0.1) is 10.8 Å². The Balaban J connectivity index is 1.99. The van der Waals surface area contributed by atoms with Gasteiger partial charge in [0.15, 0.2) is 6.61 Å². The van der Waals surface area contributed by atoms with Gasteiger partial charge in [0.1, 0.15) is 0 Å². The number of sulfonamides is 1. The van der Waals surface area contributed by atoms with Gasteiger partial charge in [-0.2, -0.15) is 4.31 Å². The molecule has 138 valence electrons. The zero-order valence-electron chi connectivity index (χ0n) is 14.5. The van der Waals surface area contributed by atoms with E-state index in [0.717, 1.165) is 12.8 Å². The molecule has 25 heavy (non-hydrogen) atoms. The van der Waals surface area contributed by atoms with Crippen LogP contribution in [0.5, 0.6) is 0 Å².